The molecule has 0 aromatic heterocycles. The van der Waals surface area contributed by atoms with E-state index in [2.05, 4.69) is 29.4 Å². The van der Waals surface area contributed by atoms with Crippen LogP contribution in [0.5, 0.6) is 0 Å². The molecule has 0 radical (unpaired) electrons. The van der Waals surface area contributed by atoms with E-state index >= 15 is 0 Å². The Morgan fingerprint density at radius 2 is 1.48 bits per heavy atom. The van der Waals surface area contributed by atoms with Crippen molar-refractivity contribution in [2.24, 2.45) is 0 Å². The number of amides is 2. The molecule has 2 aromatic carbocycles. The number of carbonyl (C=O) groups is 2. The number of rotatable bonds is 9. The first-order valence-electron chi connectivity index (χ1n) is 9.54. The smallest absolute Gasteiger partial charge is 0.309 e. The van der Waals surface area contributed by atoms with Crippen LogP contribution < -0.4 is 10.6 Å². The number of benzene rings is 2. The topological polar surface area (TPSA) is 61.4 Å². The van der Waals surface area contributed by atoms with Gasteiger partial charge >= 0.3 is 11.8 Å². The van der Waals surface area contributed by atoms with Crippen molar-refractivity contribution in [3.8, 4) is 0 Å². The highest BCUT2D eigenvalue weighted by atomic mass is 16.2. The van der Waals surface area contributed by atoms with Crippen LogP contribution >= 0.6 is 0 Å². The van der Waals surface area contributed by atoms with Gasteiger partial charge in [0.1, 0.15) is 0 Å². The fourth-order valence-electron chi connectivity index (χ4n) is 2.96. The summed E-state index contributed by atoms with van der Waals surface area (Å²) in [4.78, 5) is 26.8. The van der Waals surface area contributed by atoms with Crippen molar-refractivity contribution in [3.63, 3.8) is 0 Å². The van der Waals surface area contributed by atoms with Crippen molar-refractivity contribution in [1.82, 2.24) is 15.5 Å². The highest BCUT2D eigenvalue weighted by Gasteiger charge is 2.20. The molecule has 1 unspecified atom stereocenters. The summed E-state index contributed by atoms with van der Waals surface area (Å²) >= 11 is 0. The Kier molecular flexibility index (Phi) is 8.52. The van der Waals surface area contributed by atoms with Crippen molar-refractivity contribution in [1.29, 1.82) is 0 Å². The summed E-state index contributed by atoms with van der Waals surface area (Å²) in [6, 6.07) is 19.4. The predicted molar refractivity (Wildman–Crippen MR) is 108 cm³/mol. The van der Waals surface area contributed by atoms with Crippen LogP contribution in [0.15, 0.2) is 60.7 Å². The van der Waals surface area contributed by atoms with Crippen LogP contribution in [0.2, 0.25) is 0 Å². The summed E-state index contributed by atoms with van der Waals surface area (Å²) in [6.45, 7) is 7.19. The highest BCUT2D eigenvalue weighted by molar-refractivity contribution is 6.35. The van der Waals surface area contributed by atoms with Crippen molar-refractivity contribution >= 4 is 11.8 Å². The van der Waals surface area contributed by atoms with Gasteiger partial charge in [0.2, 0.25) is 0 Å². The Morgan fingerprint density at radius 1 is 0.889 bits per heavy atom. The van der Waals surface area contributed by atoms with Gasteiger partial charge < -0.3 is 15.5 Å². The molecular weight excluding hydrogens is 338 g/mol. The van der Waals surface area contributed by atoms with E-state index in [1.54, 1.807) is 0 Å². The molecule has 0 bridgehead atoms. The number of likely N-dealkylation sites (N-methyl/N-ethyl adjacent to an activating group) is 1. The van der Waals surface area contributed by atoms with Gasteiger partial charge in [0, 0.05) is 13.1 Å². The summed E-state index contributed by atoms with van der Waals surface area (Å²) < 4.78 is 0. The first-order chi connectivity index (χ1) is 13.1. The number of hydrogen-bond acceptors (Lipinski definition) is 3. The Balaban J connectivity index is 1.97. The lowest BCUT2D eigenvalue weighted by Crippen LogP contribution is -2.44. The molecular formula is C22H29N3O2. The van der Waals surface area contributed by atoms with E-state index in [1.807, 2.05) is 60.7 Å². The second kappa shape index (κ2) is 11.1. The Morgan fingerprint density at radius 3 is 2.07 bits per heavy atom. The minimum absolute atomic E-state index is 0.255. The molecule has 5 heteroatoms. The maximum atomic E-state index is 12.4. The van der Waals surface area contributed by atoms with Crippen LogP contribution in [0.25, 0.3) is 0 Å². The number of carbonyl (C=O) groups excluding carboxylic acids is 2. The van der Waals surface area contributed by atoms with Gasteiger partial charge in [-0.15, -0.1) is 0 Å². The molecule has 0 spiro atoms. The van der Waals surface area contributed by atoms with E-state index in [0.717, 1.165) is 30.8 Å². The molecule has 0 aliphatic carbocycles. The van der Waals surface area contributed by atoms with E-state index < -0.39 is 11.8 Å². The molecule has 2 amide bonds. The van der Waals surface area contributed by atoms with E-state index in [-0.39, 0.29) is 6.04 Å². The van der Waals surface area contributed by atoms with Gasteiger partial charge in [-0.3, -0.25) is 9.59 Å². The SMILES string of the molecule is CCN(CC)CCNC(=O)C(=O)NC(Cc1ccccc1)c1ccccc1. The molecule has 0 saturated carbocycles. The largest absolute Gasteiger partial charge is 0.347 e. The van der Waals surface area contributed by atoms with Crippen molar-refractivity contribution in [3.05, 3.63) is 71.8 Å². The second-order valence-electron chi connectivity index (χ2n) is 6.41. The van der Waals surface area contributed by atoms with Crippen molar-refractivity contribution < 1.29 is 9.59 Å². The zero-order valence-corrected chi connectivity index (χ0v) is 16.2. The van der Waals surface area contributed by atoms with Crippen LogP contribution in [0.4, 0.5) is 0 Å². The molecule has 0 saturated heterocycles. The van der Waals surface area contributed by atoms with Gasteiger partial charge in [0.15, 0.2) is 0 Å². The van der Waals surface area contributed by atoms with Gasteiger partial charge in [0.05, 0.1) is 6.04 Å². The summed E-state index contributed by atoms with van der Waals surface area (Å²) in [6.07, 6.45) is 0.628. The van der Waals surface area contributed by atoms with Gasteiger partial charge in [-0.25, -0.2) is 0 Å². The summed E-state index contributed by atoms with van der Waals surface area (Å²) in [5.41, 5.74) is 2.08. The van der Waals surface area contributed by atoms with E-state index in [0.29, 0.717) is 13.0 Å². The molecule has 0 heterocycles. The third-order valence-corrected chi connectivity index (χ3v) is 4.60. The van der Waals surface area contributed by atoms with E-state index in [9.17, 15) is 9.59 Å². The standard InChI is InChI=1S/C22H29N3O2/c1-3-25(4-2)16-15-23-21(26)22(27)24-20(19-13-9-6-10-14-19)17-18-11-7-5-8-12-18/h5-14,20H,3-4,15-17H2,1-2H3,(H,23,26)(H,24,27). The van der Waals surface area contributed by atoms with Crippen LogP contribution in [0.3, 0.4) is 0 Å². The van der Waals surface area contributed by atoms with Crippen LogP contribution in [0.1, 0.15) is 31.0 Å². The quantitative estimate of drug-likeness (QED) is 0.670. The Labute approximate surface area is 161 Å². The molecule has 0 fully saturated rings. The number of nitrogens with one attached hydrogen (secondary N) is 2. The lowest BCUT2D eigenvalue weighted by Gasteiger charge is -2.20. The van der Waals surface area contributed by atoms with Crippen LogP contribution in [0, 0.1) is 0 Å². The third kappa shape index (κ3) is 6.87. The van der Waals surface area contributed by atoms with Crippen molar-refractivity contribution in [2.75, 3.05) is 26.2 Å². The molecule has 2 aromatic rings. The van der Waals surface area contributed by atoms with E-state index in [4.69, 9.17) is 0 Å². The van der Waals surface area contributed by atoms with Gasteiger partial charge in [-0.1, -0.05) is 74.5 Å². The minimum Gasteiger partial charge on any atom is -0.347 e. The molecule has 0 aliphatic rings. The van der Waals surface area contributed by atoms with Crippen LogP contribution in [-0.2, 0) is 16.0 Å². The van der Waals surface area contributed by atoms with Gasteiger partial charge in [0.25, 0.3) is 0 Å². The fraction of sp³-hybridized carbons (Fsp3) is 0.364. The van der Waals surface area contributed by atoms with E-state index in [1.165, 1.54) is 0 Å². The molecule has 2 rings (SSSR count). The lowest BCUT2D eigenvalue weighted by atomic mass is 9.99. The van der Waals surface area contributed by atoms with Crippen LogP contribution in [-0.4, -0.2) is 42.9 Å². The van der Waals surface area contributed by atoms with Gasteiger partial charge in [-0.05, 0) is 30.6 Å². The number of nitrogens with zero attached hydrogens (tertiary/aromatic N) is 1. The summed E-state index contributed by atoms with van der Waals surface area (Å²) in [7, 11) is 0. The normalized spacial score (nSPS) is 11.8. The Bertz CT molecular complexity index is 700. The maximum absolute atomic E-state index is 12.4. The molecule has 1 atom stereocenters. The average Bonchev–Trinajstić information content (AvgIpc) is 2.72. The average molecular weight is 367 g/mol. The molecule has 2 N–H and O–H groups in total. The minimum atomic E-state index is -0.598. The monoisotopic (exact) mass is 367 g/mol. The first kappa shape index (κ1) is 20.6. The van der Waals surface area contributed by atoms with Gasteiger partial charge in [-0.2, -0.15) is 0 Å². The zero-order chi connectivity index (χ0) is 19.5. The Hall–Kier alpha value is -2.66. The summed E-state index contributed by atoms with van der Waals surface area (Å²) in [5, 5.41) is 5.59. The molecule has 5 nitrogen and oxygen atoms in total. The lowest BCUT2D eigenvalue weighted by molar-refractivity contribution is -0.139. The summed E-state index contributed by atoms with van der Waals surface area (Å²) in [5.74, 6) is -1.18. The third-order valence-electron chi connectivity index (χ3n) is 4.60. The molecule has 0 aliphatic heterocycles. The predicted octanol–water partition coefficient (Wildman–Crippen LogP) is 2.54. The second-order valence-corrected chi connectivity index (χ2v) is 6.41. The molecule has 144 valence electrons. The van der Waals surface area contributed by atoms with Crippen molar-refractivity contribution in [2.45, 2.75) is 26.3 Å². The molecule has 27 heavy (non-hydrogen) atoms. The first-order valence-corrected chi connectivity index (χ1v) is 9.54. The number of hydrogen-bond donors (Lipinski definition) is 2. The fourth-order valence-corrected chi connectivity index (χ4v) is 2.96. The highest BCUT2D eigenvalue weighted by Crippen LogP contribution is 2.18. The zero-order valence-electron chi connectivity index (χ0n) is 16.2. The maximum Gasteiger partial charge on any atom is 0.309 e.